The van der Waals surface area contributed by atoms with Gasteiger partial charge in [0.05, 0.1) is 10.4 Å². The van der Waals surface area contributed by atoms with E-state index >= 15 is 0 Å². The predicted molar refractivity (Wildman–Crippen MR) is 104 cm³/mol. The van der Waals surface area contributed by atoms with Gasteiger partial charge in [0.25, 0.3) is 5.69 Å². The molecule has 0 fully saturated rings. The highest BCUT2D eigenvalue weighted by atomic mass is 35.5. The number of halogens is 1. The molecule has 3 rings (SSSR count). The zero-order valence-corrected chi connectivity index (χ0v) is 15.8. The van der Waals surface area contributed by atoms with Crippen LogP contribution in [-0.4, -0.2) is 15.4 Å². The lowest BCUT2D eigenvalue weighted by molar-refractivity contribution is -0.384. The van der Waals surface area contributed by atoms with Crippen molar-refractivity contribution < 1.29 is 9.72 Å². The van der Waals surface area contributed by atoms with Crippen LogP contribution >= 0.6 is 11.6 Å². The Kier molecular flexibility index (Phi) is 4.36. The van der Waals surface area contributed by atoms with Crippen LogP contribution < -0.4 is 0 Å². The normalized spacial score (nSPS) is 11.7. The number of carbonyl (C=O) groups is 1. The monoisotopic (exact) mass is 370 g/mol. The summed E-state index contributed by atoms with van der Waals surface area (Å²) in [7, 11) is 0. The minimum atomic E-state index is -0.571. The largest absolute Gasteiger partial charge is 0.286 e. The van der Waals surface area contributed by atoms with Crippen molar-refractivity contribution >= 4 is 34.1 Å². The number of carbonyl (C=O) groups excluding carboxylic acids is 1. The standard InChI is InChI=1S/C20H19ClN2O3/c1-12-6-5-7-14-16(11-22(18(12)14)19(24)20(2,3)4)15-10-13(23(25)26)8-9-17(15)21/h5-11H,1-4H3. The van der Waals surface area contributed by atoms with Gasteiger partial charge in [-0.3, -0.25) is 19.5 Å². The first kappa shape index (κ1) is 18.1. The first-order chi connectivity index (χ1) is 12.1. The molecule has 134 valence electrons. The van der Waals surface area contributed by atoms with Gasteiger partial charge in [-0.1, -0.05) is 50.6 Å². The van der Waals surface area contributed by atoms with Crippen LogP contribution in [0.2, 0.25) is 5.02 Å². The summed E-state index contributed by atoms with van der Waals surface area (Å²) < 4.78 is 1.63. The van der Waals surface area contributed by atoms with Gasteiger partial charge in [0.15, 0.2) is 0 Å². The number of nitrogens with zero attached hydrogens (tertiary/aromatic N) is 2. The number of rotatable bonds is 2. The Morgan fingerprint density at radius 2 is 1.85 bits per heavy atom. The Balaban J connectivity index is 2.36. The second-order valence-electron chi connectivity index (χ2n) is 7.36. The van der Waals surface area contributed by atoms with Crippen molar-refractivity contribution in [2.24, 2.45) is 5.41 Å². The topological polar surface area (TPSA) is 65.1 Å². The van der Waals surface area contributed by atoms with Gasteiger partial charge in [0.1, 0.15) is 0 Å². The maximum absolute atomic E-state index is 13.0. The Morgan fingerprint density at radius 1 is 1.15 bits per heavy atom. The molecule has 2 aromatic carbocycles. The van der Waals surface area contributed by atoms with Crippen LogP contribution in [0.1, 0.15) is 31.1 Å². The Bertz CT molecular complexity index is 1050. The molecule has 0 spiro atoms. The highest BCUT2D eigenvalue weighted by Crippen LogP contribution is 2.38. The highest BCUT2D eigenvalue weighted by molar-refractivity contribution is 6.34. The van der Waals surface area contributed by atoms with E-state index in [1.54, 1.807) is 10.8 Å². The van der Waals surface area contributed by atoms with Crippen LogP contribution in [0.5, 0.6) is 0 Å². The lowest BCUT2D eigenvalue weighted by Gasteiger charge is -2.18. The number of fused-ring (bicyclic) bond motifs is 1. The molecule has 26 heavy (non-hydrogen) atoms. The fraction of sp³-hybridized carbons (Fsp3) is 0.250. The van der Waals surface area contributed by atoms with Crippen LogP contribution in [0, 0.1) is 22.5 Å². The minimum absolute atomic E-state index is 0.0416. The number of non-ortho nitro benzene ring substituents is 1. The summed E-state index contributed by atoms with van der Waals surface area (Å²) in [4.78, 5) is 23.7. The molecule has 3 aromatic rings. The molecule has 0 aliphatic rings. The zero-order chi connectivity index (χ0) is 19.2. The van der Waals surface area contributed by atoms with E-state index in [1.807, 2.05) is 45.9 Å². The number of nitro benzene ring substituents is 1. The van der Waals surface area contributed by atoms with Crippen molar-refractivity contribution in [3.05, 3.63) is 63.3 Å². The van der Waals surface area contributed by atoms with Crippen LogP contribution in [0.4, 0.5) is 5.69 Å². The molecule has 0 unspecified atom stereocenters. The number of hydrogen-bond donors (Lipinski definition) is 0. The fourth-order valence-corrected chi connectivity index (χ4v) is 3.25. The molecule has 0 aliphatic heterocycles. The minimum Gasteiger partial charge on any atom is -0.286 e. The Hall–Kier alpha value is -2.66. The maximum atomic E-state index is 13.0. The molecule has 1 heterocycles. The third kappa shape index (κ3) is 2.99. The number of aromatic nitrogens is 1. The van der Waals surface area contributed by atoms with E-state index < -0.39 is 10.3 Å². The third-order valence-corrected chi connectivity index (χ3v) is 4.67. The molecule has 0 N–H and O–H groups in total. The second kappa shape index (κ2) is 6.25. The molecule has 1 aromatic heterocycles. The number of aryl methyl sites for hydroxylation is 1. The summed E-state index contributed by atoms with van der Waals surface area (Å²) in [5.74, 6) is -0.0513. The molecule has 5 nitrogen and oxygen atoms in total. The summed E-state index contributed by atoms with van der Waals surface area (Å²) in [6, 6.07) is 10.1. The molecule has 0 aliphatic carbocycles. The van der Waals surface area contributed by atoms with E-state index in [-0.39, 0.29) is 11.6 Å². The molecular weight excluding hydrogens is 352 g/mol. The maximum Gasteiger partial charge on any atom is 0.270 e. The number of nitro groups is 1. The van der Waals surface area contributed by atoms with Crippen molar-refractivity contribution in [2.45, 2.75) is 27.7 Å². The summed E-state index contributed by atoms with van der Waals surface area (Å²) in [6.45, 7) is 7.52. The summed E-state index contributed by atoms with van der Waals surface area (Å²) >= 11 is 6.34. The molecule has 0 radical (unpaired) electrons. The highest BCUT2D eigenvalue weighted by Gasteiger charge is 2.27. The molecule has 0 saturated carbocycles. The molecule has 0 amide bonds. The van der Waals surface area contributed by atoms with Gasteiger partial charge in [0, 0.05) is 45.3 Å². The quantitative estimate of drug-likeness (QED) is 0.419. The average molecular weight is 371 g/mol. The smallest absolute Gasteiger partial charge is 0.270 e. The van der Waals surface area contributed by atoms with E-state index in [4.69, 9.17) is 11.6 Å². The van der Waals surface area contributed by atoms with Gasteiger partial charge in [-0.15, -0.1) is 0 Å². The van der Waals surface area contributed by atoms with E-state index in [0.29, 0.717) is 16.1 Å². The van der Waals surface area contributed by atoms with Crippen LogP contribution in [0.3, 0.4) is 0 Å². The Labute approximate surface area is 156 Å². The van der Waals surface area contributed by atoms with Gasteiger partial charge in [0.2, 0.25) is 5.91 Å². The molecule has 0 atom stereocenters. The Morgan fingerprint density at radius 3 is 2.46 bits per heavy atom. The number of para-hydroxylation sites is 1. The number of hydrogen-bond acceptors (Lipinski definition) is 3. The SMILES string of the molecule is Cc1cccc2c(-c3cc([N+](=O)[O-])ccc3Cl)cn(C(=O)C(C)(C)C)c12. The van der Waals surface area contributed by atoms with Crippen LogP contribution in [0.25, 0.3) is 22.0 Å². The van der Waals surface area contributed by atoms with Gasteiger partial charge in [-0.2, -0.15) is 0 Å². The van der Waals surface area contributed by atoms with Crippen molar-refractivity contribution in [1.29, 1.82) is 0 Å². The van der Waals surface area contributed by atoms with Crippen molar-refractivity contribution in [2.75, 3.05) is 0 Å². The van der Waals surface area contributed by atoms with Crippen molar-refractivity contribution in [1.82, 2.24) is 4.57 Å². The van der Waals surface area contributed by atoms with E-state index in [9.17, 15) is 14.9 Å². The average Bonchev–Trinajstić information content (AvgIpc) is 2.94. The van der Waals surface area contributed by atoms with Gasteiger partial charge in [-0.05, 0) is 18.6 Å². The van der Waals surface area contributed by atoms with Crippen LogP contribution in [-0.2, 0) is 0 Å². The third-order valence-electron chi connectivity index (χ3n) is 4.34. The van der Waals surface area contributed by atoms with E-state index in [2.05, 4.69) is 0 Å². The number of benzene rings is 2. The predicted octanol–water partition coefficient (Wildman–Crippen LogP) is 5.86. The van der Waals surface area contributed by atoms with E-state index in [1.165, 1.54) is 18.2 Å². The summed E-state index contributed by atoms with van der Waals surface area (Å²) in [5.41, 5.74) is 2.38. The van der Waals surface area contributed by atoms with Crippen molar-refractivity contribution in [3.8, 4) is 11.1 Å². The van der Waals surface area contributed by atoms with Gasteiger partial charge < -0.3 is 0 Å². The molecule has 0 saturated heterocycles. The zero-order valence-electron chi connectivity index (χ0n) is 15.0. The molecule has 6 heteroatoms. The van der Waals surface area contributed by atoms with Gasteiger partial charge >= 0.3 is 0 Å². The fourth-order valence-electron chi connectivity index (χ4n) is 3.03. The summed E-state index contributed by atoms with van der Waals surface area (Å²) in [6.07, 6.45) is 1.73. The van der Waals surface area contributed by atoms with Crippen LogP contribution in [0.15, 0.2) is 42.6 Å². The lowest BCUT2D eigenvalue weighted by atomic mass is 9.95. The molecular formula is C20H19ClN2O3. The van der Waals surface area contributed by atoms with Gasteiger partial charge in [-0.25, -0.2) is 0 Å². The molecule has 0 bridgehead atoms. The summed E-state index contributed by atoms with van der Waals surface area (Å²) in [5, 5.41) is 12.4. The van der Waals surface area contributed by atoms with Crippen molar-refractivity contribution in [3.63, 3.8) is 0 Å². The second-order valence-corrected chi connectivity index (χ2v) is 7.77. The van der Waals surface area contributed by atoms with E-state index in [0.717, 1.165) is 16.5 Å². The first-order valence-corrected chi connectivity index (χ1v) is 8.59. The lowest BCUT2D eigenvalue weighted by Crippen LogP contribution is -2.26. The first-order valence-electron chi connectivity index (χ1n) is 8.21.